The van der Waals surface area contributed by atoms with E-state index in [0.29, 0.717) is 5.95 Å². The number of benzene rings is 1. The summed E-state index contributed by atoms with van der Waals surface area (Å²) in [6.07, 6.45) is 1.73. The number of hydrazone groups is 1. The monoisotopic (exact) mass is 304 g/mol. The fourth-order valence-electron chi connectivity index (χ4n) is 1.52. The maximum atomic E-state index is 4.24. The first-order chi connectivity index (χ1) is 8.65. The second-order valence-electron chi connectivity index (χ2n) is 3.87. The molecule has 1 aromatic carbocycles. The lowest BCUT2D eigenvalue weighted by molar-refractivity contribution is 1.04. The van der Waals surface area contributed by atoms with Crippen LogP contribution >= 0.6 is 15.9 Å². The Balaban J connectivity index is 2.10. The van der Waals surface area contributed by atoms with Crippen LogP contribution in [0.1, 0.15) is 17.0 Å². The zero-order chi connectivity index (χ0) is 13.0. The van der Waals surface area contributed by atoms with Gasteiger partial charge in [-0.2, -0.15) is 5.10 Å². The van der Waals surface area contributed by atoms with E-state index >= 15 is 0 Å². The van der Waals surface area contributed by atoms with E-state index in [1.165, 1.54) is 0 Å². The molecular formula is C13H13BrN4. The molecule has 0 atom stereocenters. The summed E-state index contributed by atoms with van der Waals surface area (Å²) >= 11 is 3.46. The van der Waals surface area contributed by atoms with Crippen molar-refractivity contribution in [1.82, 2.24) is 9.97 Å². The molecule has 2 rings (SSSR count). The van der Waals surface area contributed by atoms with E-state index in [1.54, 1.807) is 6.21 Å². The lowest BCUT2D eigenvalue weighted by Gasteiger charge is -2.01. The SMILES string of the molecule is Cc1cc(C)nc(N/N=C\c2ccccc2Br)n1. The summed E-state index contributed by atoms with van der Waals surface area (Å²) in [5, 5.41) is 4.12. The Morgan fingerprint density at radius 3 is 2.50 bits per heavy atom. The molecule has 1 N–H and O–H groups in total. The van der Waals surface area contributed by atoms with Gasteiger partial charge in [0.05, 0.1) is 6.21 Å². The molecule has 0 saturated carbocycles. The largest absolute Gasteiger partial charge is 0.245 e. The number of anilines is 1. The fourth-order valence-corrected chi connectivity index (χ4v) is 1.90. The van der Waals surface area contributed by atoms with E-state index in [9.17, 15) is 0 Å². The molecule has 0 aliphatic rings. The van der Waals surface area contributed by atoms with Crippen LogP contribution in [0.3, 0.4) is 0 Å². The van der Waals surface area contributed by atoms with Crippen LogP contribution in [0.2, 0.25) is 0 Å². The van der Waals surface area contributed by atoms with Crippen LogP contribution in [0, 0.1) is 13.8 Å². The second kappa shape index (κ2) is 5.73. The van der Waals surface area contributed by atoms with Gasteiger partial charge in [0, 0.05) is 21.4 Å². The van der Waals surface area contributed by atoms with Crippen molar-refractivity contribution >= 4 is 28.1 Å². The average molecular weight is 305 g/mol. The van der Waals surface area contributed by atoms with Gasteiger partial charge >= 0.3 is 0 Å². The molecular weight excluding hydrogens is 292 g/mol. The predicted molar refractivity (Wildman–Crippen MR) is 76.9 cm³/mol. The Labute approximate surface area is 114 Å². The summed E-state index contributed by atoms with van der Waals surface area (Å²) in [4.78, 5) is 8.48. The number of nitrogens with one attached hydrogen (secondary N) is 1. The maximum absolute atomic E-state index is 4.24. The number of halogens is 1. The quantitative estimate of drug-likeness (QED) is 0.699. The Kier molecular flexibility index (Phi) is 4.04. The van der Waals surface area contributed by atoms with Crippen LogP contribution in [-0.2, 0) is 0 Å². The number of hydrogen-bond acceptors (Lipinski definition) is 4. The van der Waals surface area contributed by atoms with Crippen molar-refractivity contribution in [2.24, 2.45) is 5.10 Å². The van der Waals surface area contributed by atoms with Crippen molar-refractivity contribution in [1.29, 1.82) is 0 Å². The van der Waals surface area contributed by atoms with Gasteiger partial charge in [-0.15, -0.1) is 0 Å². The Bertz CT molecular complexity index is 561. The van der Waals surface area contributed by atoms with Gasteiger partial charge < -0.3 is 0 Å². The van der Waals surface area contributed by atoms with Gasteiger partial charge in [0.2, 0.25) is 5.95 Å². The van der Waals surface area contributed by atoms with Crippen LogP contribution in [0.5, 0.6) is 0 Å². The smallest absolute Gasteiger partial charge is 0.243 e. The Hall–Kier alpha value is -1.75. The molecule has 0 saturated heterocycles. The molecule has 1 aromatic heterocycles. The molecule has 5 heteroatoms. The molecule has 1 heterocycles. The molecule has 2 aromatic rings. The van der Waals surface area contributed by atoms with Crippen LogP contribution in [0.15, 0.2) is 39.9 Å². The molecule has 4 nitrogen and oxygen atoms in total. The highest BCUT2D eigenvalue weighted by molar-refractivity contribution is 9.10. The molecule has 0 aliphatic carbocycles. The molecule has 0 radical (unpaired) electrons. The topological polar surface area (TPSA) is 50.2 Å². The molecule has 0 bridgehead atoms. The van der Waals surface area contributed by atoms with Crippen molar-refractivity contribution in [2.45, 2.75) is 13.8 Å². The Morgan fingerprint density at radius 2 is 1.83 bits per heavy atom. The van der Waals surface area contributed by atoms with Crippen molar-refractivity contribution in [3.05, 3.63) is 51.8 Å². The standard InChI is InChI=1S/C13H13BrN4/c1-9-7-10(2)17-13(16-9)18-15-8-11-5-3-4-6-12(11)14/h3-8H,1-2H3,(H,16,17,18)/b15-8-. The predicted octanol–water partition coefficient (Wildman–Crippen LogP) is 3.30. The first-order valence-electron chi connectivity index (χ1n) is 5.51. The highest BCUT2D eigenvalue weighted by Crippen LogP contribution is 2.13. The first-order valence-corrected chi connectivity index (χ1v) is 6.30. The Morgan fingerprint density at radius 1 is 1.17 bits per heavy atom. The highest BCUT2D eigenvalue weighted by Gasteiger charge is 1.97. The number of aryl methyl sites for hydroxylation is 2. The van der Waals surface area contributed by atoms with Crippen LogP contribution in [0.25, 0.3) is 0 Å². The van der Waals surface area contributed by atoms with Gasteiger partial charge in [0.15, 0.2) is 0 Å². The molecule has 0 unspecified atom stereocenters. The molecule has 18 heavy (non-hydrogen) atoms. The van der Waals surface area contributed by atoms with Gasteiger partial charge in [-0.25, -0.2) is 15.4 Å². The summed E-state index contributed by atoms with van der Waals surface area (Å²) in [7, 11) is 0. The molecule has 0 spiro atoms. The zero-order valence-corrected chi connectivity index (χ0v) is 11.8. The second-order valence-corrected chi connectivity index (χ2v) is 4.72. The molecule has 92 valence electrons. The lowest BCUT2D eigenvalue weighted by Crippen LogP contribution is -1.99. The van der Waals surface area contributed by atoms with E-state index in [0.717, 1.165) is 21.4 Å². The number of rotatable bonds is 3. The van der Waals surface area contributed by atoms with Gasteiger partial charge in [0.1, 0.15) is 0 Å². The fraction of sp³-hybridized carbons (Fsp3) is 0.154. The third-order valence-corrected chi connectivity index (χ3v) is 2.98. The van der Waals surface area contributed by atoms with Crippen molar-refractivity contribution < 1.29 is 0 Å². The van der Waals surface area contributed by atoms with Gasteiger partial charge in [-0.3, -0.25) is 0 Å². The number of hydrogen-bond donors (Lipinski definition) is 1. The normalized spacial score (nSPS) is 10.8. The maximum Gasteiger partial charge on any atom is 0.243 e. The number of aromatic nitrogens is 2. The van der Waals surface area contributed by atoms with Crippen molar-refractivity contribution in [3.63, 3.8) is 0 Å². The van der Waals surface area contributed by atoms with Crippen molar-refractivity contribution in [2.75, 3.05) is 5.43 Å². The summed E-state index contributed by atoms with van der Waals surface area (Å²) in [6.45, 7) is 3.86. The van der Waals surface area contributed by atoms with E-state index in [2.05, 4.69) is 36.4 Å². The molecule has 0 amide bonds. The lowest BCUT2D eigenvalue weighted by atomic mass is 10.2. The van der Waals surface area contributed by atoms with Crippen LogP contribution in [-0.4, -0.2) is 16.2 Å². The summed E-state index contributed by atoms with van der Waals surface area (Å²) in [5.74, 6) is 0.510. The minimum atomic E-state index is 0.510. The first kappa shape index (κ1) is 12.7. The summed E-state index contributed by atoms with van der Waals surface area (Å²) < 4.78 is 0.997. The molecule has 0 fully saturated rings. The van der Waals surface area contributed by atoms with Crippen LogP contribution in [0.4, 0.5) is 5.95 Å². The van der Waals surface area contributed by atoms with Crippen molar-refractivity contribution in [3.8, 4) is 0 Å². The third kappa shape index (κ3) is 3.37. The van der Waals surface area contributed by atoms with Gasteiger partial charge in [0.25, 0.3) is 0 Å². The van der Waals surface area contributed by atoms with E-state index in [4.69, 9.17) is 0 Å². The number of nitrogens with zero attached hydrogens (tertiary/aromatic N) is 3. The minimum absolute atomic E-state index is 0.510. The van der Waals surface area contributed by atoms with E-state index in [-0.39, 0.29) is 0 Å². The van der Waals surface area contributed by atoms with Crippen LogP contribution < -0.4 is 5.43 Å². The van der Waals surface area contributed by atoms with Gasteiger partial charge in [-0.05, 0) is 26.0 Å². The highest BCUT2D eigenvalue weighted by atomic mass is 79.9. The zero-order valence-electron chi connectivity index (χ0n) is 10.2. The molecule has 0 aliphatic heterocycles. The summed E-state index contributed by atoms with van der Waals surface area (Å²) in [6, 6.07) is 9.77. The average Bonchev–Trinajstić information content (AvgIpc) is 2.30. The van der Waals surface area contributed by atoms with E-state index in [1.807, 2.05) is 44.2 Å². The third-order valence-electron chi connectivity index (χ3n) is 2.26. The summed E-state index contributed by atoms with van der Waals surface area (Å²) in [5.41, 5.74) is 5.66. The van der Waals surface area contributed by atoms with Gasteiger partial charge in [-0.1, -0.05) is 34.1 Å². The minimum Gasteiger partial charge on any atom is -0.245 e. The van der Waals surface area contributed by atoms with E-state index < -0.39 is 0 Å².